The highest BCUT2D eigenvalue weighted by Gasteiger charge is 2.33. The Bertz CT molecular complexity index is 431. The summed E-state index contributed by atoms with van der Waals surface area (Å²) in [5, 5.41) is 3.83. The lowest BCUT2D eigenvalue weighted by Gasteiger charge is -2.36. The Balaban J connectivity index is 2.10. The fraction of sp³-hybridized carbons (Fsp3) is 0.538. The van der Waals surface area contributed by atoms with Gasteiger partial charge in [0.1, 0.15) is 5.69 Å². The third-order valence-electron chi connectivity index (χ3n) is 3.21. The number of hydrogen-bond donors (Lipinski definition) is 1. The molecule has 0 saturated carbocycles. The zero-order valence-corrected chi connectivity index (χ0v) is 12.0. The van der Waals surface area contributed by atoms with E-state index in [1.165, 1.54) is 0 Å². The van der Waals surface area contributed by atoms with Crippen LogP contribution in [0.5, 0.6) is 0 Å². The van der Waals surface area contributed by atoms with Crippen molar-refractivity contribution in [3.05, 3.63) is 29.6 Å². The summed E-state index contributed by atoms with van der Waals surface area (Å²) in [4.78, 5) is 16.4. The molecule has 1 aromatic rings. The molecule has 1 aliphatic heterocycles. The number of nitrogens with one attached hydrogen (secondary N) is 1. The van der Waals surface area contributed by atoms with Gasteiger partial charge in [0.05, 0.1) is 5.54 Å². The number of ether oxygens (including phenoxy) is 1. The number of halogens is 1. The van der Waals surface area contributed by atoms with Gasteiger partial charge in [-0.3, -0.25) is 4.79 Å². The second-order valence-corrected chi connectivity index (χ2v) is 5.21. The Labute approximate surface area is 115 Å². The largest absolute Gasteiger partial charge is 0.381 e. The van der Waals surface area contributed by atoms with E-state index in [4.69, 9.17) is 4.74 Å². The van der Waals surface area contributed by atoms with E-state index in [0.29, 0.717) is 18.9 Å². The van der Waals surface area contributed by atoms with Crippen LogP contribution in [0.2, 0.25) is 0 Å². The van der Waals surface area contributed by atoms with Crippen LogP contribution in [0.4, 0.5) is 0 Å². The second kappa shape index (κ2) is 5.80. The van der Waals surface area contributed by atoms with Gasteiger partial charge in [-0.05, 0) is 31.9 Å². The Kier molecular flexibility index (Phi) is 4.35. The summed E-state index contributed by atoms with van der Waals surface area (Å²) in [7, 11) is 0. The SMILES string of the molecule is Cc1cccc(C(=O)NC2(CBr)CCOCC2)n1. The van der Waals surface area contributed by atoms with Crippen molar-refractivity contribution in [1.29, 1.82) is 0 Å². The molecule has 1 fully saturated rings. The van der Waals surface area contributed by atoms with E-state index in [0.717, 1.165) is 23.9 Å². The van der Waals surface area contributed by atoms with E-state index in [1.807, 2.05) is 19.1 Å². The third-order valence-corrected chi connectivity index (χ3v) is 4.28. The van der Waals surface area contributed by atoms with E-state index < -0.39 is 0 Å². The minimum absolute atomic E-state index is 0.111. The van der Waals surface area contributed by atoms with Crippen molar-refractivity contribution in [3.8, 4) is 0 Å². The maximum Gasteiger partial charge on any atom is 0.270 e. The molecule has 0 aliphatic carbocycles. The average Bonchev–Trinajstić information content (AvgIpc) is 2.40. The lowest BCUT2D eigenvalue weighted by molar-refractivity contribution is 0.0440. The Morgan fingerprint density at radius 3 is 2.83 bits per heavy atom. The monoisotopic (exact) mass is 312 g/mol. The van der Waals surface area contributed by atoms with Crippen LogP contribution in [-0.4, -0.2) is 35.0 Å². The molecule has 1 aromatic heterocycles. The predicted molar refractivity (Wildman–Crippen MR) is 73.0 cm³/mol. The lowest BCUT2D eigenvalue weighted by atomic mass is 9.92. The number of amides is 1. The van der Waals surface area contributed by atoms with Gasteiger partial charge >= 0.3 is 0 Å². The molecule has 1 amide bonds. The molecule has 18 heavy (non-hydrogen) atoms. The molecule has 0 bridgehead atoms. The molecule has 0 atom stereocenters. The standard InChI is InChI=1S/C13H17BrN2O2/c1-10-3-2-4-11(15-10)12(17)16-13(9-14)5-7-18-8-6-13/h2-4H,5-9H2,1H3,(H,16,17). The van der Waals surface area contributed by atoms with Gasteiger partial charge in [0.2, 0.25) is 0 Å². The van der Waals surface area contributed by atoms with E-state index in [-0.39, 0.29) is 11.4 Å². The number of carbonyl (C=O) groups excluding carboxylic acids is 1. The van der Waals surface area contributed by atoms with Crippen molar-refractivity contribution in [1.82, 2.24) is 10.3 Å². The molecule has 0 aromatic carbocycles. The first-order valence-corrected chi connectivity index (χ1v) is 7.17. The molecule has 0 unspecified atom stereocenters. The van der Waals surface area contributed by atoms with E-state index >= 15 is 0 Å². The van der Waals surface area contributed by atoms with Gasteiger partial charge in [0.15, 0.2) is 0 Å². The molecule has 0 spiro atoms. The first-order chi connectivity index (χ1) is 8.65. The number of nitrogens with zero attached hydrogens (tertiary/aromatic N) is 1. The van der Waals surface area contributed by atoms with Crippen LogP contribution in [0.3, 0.4) is 0 Å². The number of alkyl halides is 1. The quantitative estimate of drug-likeness (QED) is 0.869. The Morgan fingerprint density at radius 2 is 2.22 bits per heavy atom. The number of carbonyl (C=O) groups is 1. The van der Waals surface area contributed by atoms with Crippen LogP contribution >= 0.6 is 15.9 Å². The maximum atomic E-state index is 12.2. The van der Waals surface area contributed by atoms with Gasteiger partial charge in [-0.2, -0.15) is 0 Å². The van der Waals surface area contributed by atoms with Crippen LogP contribution in [0.25, 0.3) is 0 Å². The maximum absolute atomic E-state index is 12.2. The molecular weight excluding hydrogens is 296 g/mol. The summed E-state index contributed by atoms with van der Waals surface area (Å²) < 4.78 is 5.35. The predicted octanol–water partition coefficient (Wildman–Crippen LogP) is 2.06. The lowest BCUT2D eigenvalue weighted by Crippen LogP contribution is -2.53. The van der Waals surface area contributed by atoms with E-state index in [1.54, 1.807) is 6.07 Å². The van der Waals surface area contributed by atoms with Gasteiger partial charge in [0.25, 0.3) is 5.91 Å². The molecule has 1 aliphatic rings. The summed E-state index contributed by atoms with van der Waals surface area (Å²) in [5.74, 6) is -0.111. The number of aryl methyl sites for hydroxylation is 1. The topological polar surface area (TPSA) is 51.2 Å². The normalized spacial score (nSPS) is 18.3. The van der Waals surface area contributed by atoms with Gasteiger partial charge in [0, 0.05) is 24.2 Å². The fourth-order valence-corrected chi connectivity index (χ4v) is 2.73. The summed E-state index contributed by atoms with van der Waals surface area (Å²) in [5.41, 5.74) is 1.12. The first kappa shape index (κ1) is 13.5. The number of aromatic nitrogens is 1. The van der Waals surface area contributed by atoms with Crippen LogP contribution in [0, 0.1) is 6.92 Å². The molecule has 1 saturated heterocycles. The smallest absolute Gasteiger partial charge is 0.270 e. The molecule has 98 valence electrons. The summed E-state index contributed by atoms with van der Waals surface area (Å²) in [6.45, 7) is 3.26. The molecule has 5 heteroatoms. The summed E-state index contributed by atoms with van der Waals surface area (Å²) in [6.07, 6.45) is 1.66. The first-order valence-electron chi connectivity index (χ1n) is 6.05. The molecule has 2 rings (SSSR count). The van der Waals surface area contributed by atoms with Crippen LogP contribution in [0.1, 0.15) is 29.0 Å². The van der Waals surface area contributed by atoms with Gasteiger partial charge in [-0.25, -0.2) is 4.98 Å². The van der Waals surface area contributed by atoms with Crippen molar-refractivity contribution in [3.63, 3.8) is 0 Å². The van der Waals surface area contributed by atoms with E-state index in [2.05, 4.69) is 26.2 Å². The van der Waals surface area contributed by atoms with Crippen molar-refractivity contribution >= 4 is 21.8 Å². The third kappa shape index (κ3) is 3.09. The van der Waals surface area contributed by atoms with E-state index in [9.17, 15) is 4.79 Å². The molecule has 2 heterocycles. The minimum Gasteiger partial charge on any atom is -0.381 e. The number of pyridine rings is 1. The number of rotatable bonds is 3. The van der Waals surface area contributed by atoms with Gasteiger partial charge < -0.3 is 10.1 Å². The van der Waals surface area contributed by atoms with Crippen molar-refractivity contribution < 1.29 is 9.53 Å². The van der Waals surface area contributed by atoms with Crippen LogP contribution < -0.4 is 5.32 Å². The zero-order valence-electron chi connectivity index (χ0n) is 10.4. The molecule has 1 N–H and O–H groups in total. The number of hydrogen-bond acceptors (Lipinski definition) is 3. The van der Waals surface area contributed by atoms with Crippen molar-refractivity contribution in [2.45, 2.75) is 25.3 Å². The average molecular weight is 313 g/mol. The molecule has 4 nitrogen and oxygen atoms in total. The highest BCUT2D eigenvalue weighted by atomic mass is 79.9. The van der Waals surface area contributed by atoms with Crippen molar-refractivity contribution in [2.24, 2.45) is 0 Å². The zero-order chi connectivity index (χ0) is 13.0. The Morgan fingerprint density at radius 1 is 1.50 bits per heavy atom. The summed E-state index contributed by atoms with van der Waals surface area (Å²) in [6, 6.07) is 5.47. The summed E-state index contributed by atoms with van der Waals surface area (Å²) >= 11 is 3.49. The van der Waals surface area contributed by atoms with Gasteiger partial charge in [-0.1, -0.05) is 22.0 Å². The Hall–Kier alpha value is -0.940. The van der Waals surface area contributed by atoms with Crippen molar-refractivity contribution in [2.75, 3.05) is 18.5 Å². The minimum atomic E-state index is -0.208. The molecular formula is C13H17BrN2O2. The molecule has 0 radical (unpaired) electrons. The van der Waals surface area contributed by atoms with Crippen LogP contribution in [0.15, 0.2) is 18.2 Å². The van der Waals surface area contributed by atoms with Crippen LogP contribution in [-0.2, 0) is 4.74 Å². The van der Waals surface area contributed by atoms with Gasteiger partial charge in [-0.15, -0.1) is 0 Å². The second-order valence-electron chi connectivity index (χ2n) is 4.64. The highest BCUT2D eigenvalue weighted by Crippen LogP contribution is 2.23. The highest BCUT2D eigenvalue weighted by molar-refractivity contribution is 9.09. The fourth-order valence-electron chi connectivity index (χ4n) is 2.03.